The predicted molar refractivity (Wildman–Crippen MR) is 67.8 cm³/mol. The fourth-order valence-electron chi connectivity index (χ4n) is 1.83. The van der Waals surface area contributed by atoms with Crippen LogP contribution in [0.3, 0.4) is 0 Å². The fraction of sp³-hybridized carbons (Fsp3) is 0.231. The third-order valence-electron chi connectivity index (χ3n) is 2.75. The number of aryl methyl sites for hydroxylation is 1. The van der Waals surface area contributed by atoms with Crippen LogP contribution in [0.4, 0.5) is 0 Å². The van der Waals surface area contributed by atoms with E-state index in [1.54, 1.807) is 10.9 Å². The first-order chi connectivity index (χ1) is 8.56. The topological polar surface area (TPSA) is 81.1 Å². The van der Waals surface area contributed by atoms with Gasteiger partial charge in [0.05, 0.1) is 12.6 Å². The van der Waals surface area contributed by atoms with Crippen molar-refractivity contribution in [2.75, 3.05) is 0 Å². The van der Waals surface area contributed by atoms with E-state index in [9.17, 15) is 4.79 Å². The first-order valence-corrected chi connectivity index (χ1v) is 5.62. The lowest BCUT2D eigenvalue weighted by atomic mass is 10.00. The third kappa shape index (κ3) is 2.75. The van der Waals surface area contributed by atoms with E-state index in [-0.39, 0.29) is 6.42 Å². The molecule has 5 nitrogen and oxygen atoms in total. The molecule has 5 heteroatoms. The van der Waals surface area contributed by atoms with Crippen LogP contribution < -0.4 is 5.73 Å². The quantitative estimate of drug-likeness (QED) is 0.856. The molecule has 18 heavy (non-hydrogen) atoms. The van der Waals surface area contributed by atoms with E-state index in [4.69, 9.17) is 10.8 Å². The van der Waals surface area contributed by atoms with Gasteiger partial charge in [-0.25, -0.2) is 0 Å². The number of carboxylic acid groups (broad SMARTS) is 1. The smallest absolute Gasteiger partial charge is 0.305 e. The van der Waals surface area contributed by atoms with Crippen LogP contribution in [0.5, 0.6) is 0 Å². The van der Waals surface area contributed by atoms with Crippen LogP contribution >= 0.6 is 0 Å². The summed E-state index contributed by atoms with van der Waals surface area (Å²) in [6.45, 7) is 0. The normalized spacial score (nSPS) is 12.3. The van der Waals surface area contributed by atoms with Gasteiger partial charge in [0.15, 0.2) is 0 Å². The van der Waals surface area contributed by atoms with E-state index >= 15 is 0 Å². The van der Waals surface area contributed by atoms with Crippen molar-refractivity contribution in [3.63, 3.8) is 0 Å². The summed E-state index contributed by atoms with van der Waals surface area (Å²) in [6.07, 6.45) is 3.60. The van der Waals surface area contributed by atoms with Crippen LogP contribution in [0.1, 0.15) is 18.0 Å². The molecule has 0 aliphatic rings. The Balaban J connectivity index is 2.27. The first-order valence-electron chi connectivity index (χ1n) is 5.62. The van der Waals surface area contributed by atoms with Crippen LogP contribution in [0, 0.1) is 0 Å². The van der Waals surface area contributed by atoms with Crippen LogP contribution in [0.25, 0.3) is 11.1 Å². The number of hydrogen-bond acceptors (Lipinski definition) is 3. The highest BCUT2D eigenvalue weighted by atomic mass is 16.4. The molecule has 0 spiro atoms. The summed E-state index contributed by atoms with van der Waals surface area (Å²) in [5.41, 5.74) is 8.64. The Morgan fingerprint density at radius 2 is 2.28 bits per heavy atom. The molecular weight excluding hydrogens is 230 g/mol. The van der Waals surface area contributed by atoms with Crippen molar-refractivity contribution >= 4 is 5.97 Å². The first kappa shape index (κ1) is 12.3. The van der Waals surface area contributed by atoms with Crippen molar-refractivity contribution in [3.05, 3.63) is 42.2 Å². The predicted octanol–water partition coefficient (Wildman–Crippen LogP) is 1.56. The Morgan fingerprint density at radius 3 is 2.89 bits per heavy atom. The zero-order chi connectivity index (χ0) is 13.1. The Morgan fingerprint density at radius 1 is 1.50 bits per heavy atom. The molecule has 2 aromatic rings. The minimum absolute atomic E-state index is 0.0729. The number of hydrogen-bond donors (Lipinski definition) is 2. The van der Waals surface area contributed by atoms with E-state index in [1.807, 2.05) is 37.5 Å². The van der Waals surface area contributed by atoms with Crippen molar-refractivity contribution in [2.45, 2.75) is 12.5 Å². The molecule has 1 aromatic heterocycles. The summed E-state index contributed by atoms with van der Waals surface area (Å²) in [4.78, 5) is 10.6. The second-order valence-corrected chi connectivity index (χ2v) is 4.23. The number of aliphatic carboxylic acids is 1. The van der Waals surface area contributed by atoms with E-state index < -0.39 is 12.0 Å². The molecule has 94 valence electrons. The van der Waals surface area contributed by atoms with Gasteiger partial charge in [0.25, 0.3) is 0 Å². The average Bonchev–Trinajstić information content (AvgIpc) is 2.75. The van der Waals surface area contributed by atoms with Gasteiger partial charge in [-0.15, -0.1) is 0 Å². The van der Waals surface area contributed by atoms with Gasteiger partial charge in [0, 0.05) is 24.8 Å². The molecule has 0 fully saturated rings. The van der Waals surface area contributed by atoms with Crippen LogP contribution in [0.2, 0.25) is 0 Å². The molecule has 1 aromatic carbocycles. The van der Waals surface area contributed by atoms with Gasteiger partial charge in [-0.2, -0.15) is 5.10 Å². The maximum atomic E-state index is 10.6. The number of rotatable bonds is 4. The van der Waals surface area contributed by atoms with Crippen molar-refractivity contribution in [2.24, 2.45) is 12.8 Å². The molecule has 1 heterocycles. The highest BCUT2D eigenvalue weighted by Crippen LogP contribution is 2.23. The Kier molecular flexibility index (Phi) is 3.43. The summed E-state index contributed by atoms with van der Waals surface area (Å²) in [6, 6.07) is 7.09. The largest absolute Gasteiger partial charge is 0.481 e. The van der Waals surface area contributed by atoms with Crippen molar-refractivity contribution in [1.82, 2.24) is 9.78 Å². The lowest BCUT2D eigenvalue weighted by molar-refractivity contribution is -0.137. The third-order valence-corrected chi connectivity index (χ3v) is 2.75. The molecule has 1 unspecified atom stereocenters. The van der Waals surface area contributed by atoms with E-state index in [0.29, 0.717) is 0 Å². The molecule has 0 radical (unpaired) electrons. The average molecular weight is 245 g/mol. The van der Waals surface area contributed by atoms with Crippen molar-refractivity contribution in [3.8, 4) is 11.1 Å². The second-order valence-electron chi connectivity index (χ2n) is 4.23. The zero-order valence-corrected chi connectivity index (χ0v) is 10.1. The molecule has 0 aliphatic heterocycles. The SMILES string of the molecule is Cn1cc(-c2cccc(C(N)CC(=O)O)c2)cn1. The van der Waals surface area contributed by atoms with Gasteiger partial charge in [0.2, 0.25) is 0 Å². The van der Waals surface area contributed by atoms with Crippen LogP contribution in [-0.4, -0.2) is 20.9 Å². The Hall–Kier alpha value is -2.14. The fourth-order valence-corrected chi connectivity index (χ4v) is 1.83. The van der Waals surface area contributed by atoms with Gasteiger partial charge in [-0.1, -0.05) is 18.2 Å². The number of carbonyl (C=O) groups is 1. The van der Waals surface area contributed by atoms with Crippen molar-refractivity contribution < 1.29 is 9.90 Å². The Bertz CT molecular complexity index is 563. The number of nitrogens with two attached hydrogens (primary N) is 1. The molecule has 0 aliphatic carbocycles. The number of benzene rings is 1. The van der Waals surface area contributed by atoms with Gasteiger partial charge < -0.3 is 10.8 Å². The second kappa shape index (κ2) is 5.01. The summed E-state index contributed by atoms with van der Waals surface area (Å²) >= 11 is 0. The highest BCUT2D eigenvalue weighted by Gasteiger charge is 2.11. The maximum absolute atomic E-state index is 10.6. The van der Waals surface area contributed by atoms with Crippen LogP contribution in [-0.2, 0) is 11.8 Å². The molecule has 0 saturated carbocycles. The molecule has 0 amide bonds. The lowest BCUT2D eigenvalue weighted by Crippen LogP contribution is -2.14. The van der Waals surface area contributed by atoms with Gasteiger partial charge in [-0.3, -0.25) is 9.48 Å². The maximum Gasteiger partial charge on any atom is 0.305 e. The number of nitrogens with zero attached hydrogens (tertiary/aromatic N) is 2. The Labute approximate surface area is 105 Å². The number of aromatic nitrogens is 2. The van der Waals surface area contributed by atoms with E-state index in [0.717, 1.165) is 16.7 Å². The minimum Gasteiger partial charge on any atom is -0.481 e. The van der Waals surface area contributed by atoms with Gasteiger partial charge in [0.1, 0.15) is 0 Å². The molecule has 1 atom stereocenters. The molecule has 0 bridgehead atoms. The number of carboxylic acids is 1. The van der Waals surface area contributed by atoms with Gasteiger partial charge >= 0.3 is 5.97 Å². The monoisotopic (exact) mass is 245 g/mol. The van der Waals surface area contributed by atoms with E-state index in [2.05, 4.69) is 5.10 Å². The summed E-state index contributed by atoms with van der Waals surface area (Å²) in [5, 5.41) is 12.8. The molecular formula is C13H15N3O2. The van der Waals surface area contributed by atoms with Crippen molar-refractivity contribution in [1.29, 1.82) is 0 Å². The molecule has 3 N–H and O–H groups in total. The van der Waals surface area contributed by atoms with E-state index in [1.165, 1.54) is 0 Å². The summed E-state index contributed by atoms with van der Waals surface area (Å²) < 4.78 is 1.72. The summed E-state index contributed by atoms with van der Waals surface area (Å²) in [7, 11) is 1.85. The van der Waals surface area contributed by atoms with Crippen LogP contribution in [0.15, 0.2) is 36.7 Å². The standard InChI is InChI=1S/C13H15N3O2/c1-16-8-11(7-15-16)9-3-2-4-10(5-9)12(14)6-13(17)18/h2-5,7-8,12H,6,14H2,1H3,(H,17,18). The molecule has 2 rings (SSSR count). The molecule has 0 saturated heterocycles. The lowest BCUT2D eigenvalue weighted by Gasteiger charge is -2.10. The zero-order valence-electron chi connectivity index (χ0n) is 10.1. The van der Waals surface area contributed by atoms with Gasteiger partial charge in [-0.05, 0) is 17.2 Å². The minimum atomic E-state index is -0.894. The summed E-state index contributed by atoms with van der Waals surface area (Å²) in [5.74, 6) is -0.894. The highest BCUT2D eigenvalue weighted by molar-refractivity contribution is 5.68.